The van der Waals surface area contributed by atoms with Gasteiger partial charge in [-0.25, -0.2) is 8.42 Å². The van der Waals surface area contributed by atoms with Gasteiger partial charge < -0.3 is 0 Å². The summed E-state index contributed by atoms with van der Waals surface area (Å²) < 4.78 is 25.3. The van der Waals surface area contributed by atoms with Crippen LogP contribution in [0.4, 0.5) is 0 Å². The van der Waals surface area contributed by atoms with Gasteiger partial charge in [-0.2, -0.15) is 4.40 Å². The van der Waals surface area contributed by atoms with Crippen molar-refractivity contribution >= 4 is 22.0 Å². The van der Waals surface area contributed by atoms with Crippen LogP contribution in [0.5, 0.6) is 0 Å². The van der Waals surface area contributed by atoms with Crippen LogP contribution in [0.2, 0.25) is 0 Å². The molecule has 1 aromatic carbocycles. The standard InChI is InChI=1S/C15H19NO3S/c1-20(18,19)16-11-12-7-9-14(10-8-12)15(17)13-5-3-2-4-6-13/h7-11,13H,2-6H2,1H3/b16-11+. The molecule has 1 aliphatic rings. The third-order valence-corrected chi connectivity index (χ3v) is 4.05. The van der Waals surface area contributed by atoms with E-state index < -0.39 is 10.0 Å². The summed E-state index contributed by atoms with van der Waals surface area (Å²) in [6.45, 7) is 0. The van der Waals surface area contributed by atoms with Gasteiger partial charge >= 0.3 is 0 Å². The first-order valence-electron chi connectivity index (χ1n) is 6.85. The van der Waals surface area contributed by atoms with Gasteiger partial charge in [-0.3, -0.25) is 4.79 Å². The van der Waals surface area contributed by atoms with Crippen LogP contribution in [-0.2, 0) is 10.0 Å². The number of ketones is 1. The lowest BCUT2D eigenvalue weighted by Crippen LogP contribution is -2.17. The van der Waals surface area contributed by atoms with Crippen molar-refractivity contribution in [3.8, 4) is 0 Å². The number of nitrogens with zero attached hydrogens (tertiary/aromatic N) is 1. The van der Waals surface area contributed by atoms with Crippen LogP contribution in [0, 0.1) is 5.92 Å². The van der Waals surface area contributed by atoms with Crippen LogP contribution < -0.4 is 0 Å². The number of carbonyl (C=O) groups excluding carboxylic acids is 1. The van der Waals surface area contributed by atoms with Crippen molar-refractivity contribution in [2.45, 2.75) is 32.1 Å². The molecule has 20 heavy (non-hydrogen) atoms. The molecule has 1 fully saturated rings. The average Bonchev–Trinajstić information content (AvgIpc) is 2.45. The van der Waals surface area contributed by atoms with Crippen molar-refractivity contribution in [1.29, 1.82) is 0 Å². The predicted octanol–water partition coefficient (Wildman–Crippen LogP) is 2.83. The quantitative estimate of drug-likeness (QED) is 0.633. The Morgan fingerprint density at radius 1 is 1.15 bits per heavy atom. The molecule has 0 amide bonds. The van der Waals surface area contributed by atoms with E-state index in [0.717, 1.165) is 31.9 Å². The maximum Gasteiger partial charge on any atom is 0.250 e. The molecule has 108 valence electrons. The minimum absolute atomic E-state index is 0.152. The molecule has 1 saturated carbocycles. The molecule has 1 aliphatic carbocycles. The summed E-state index contributed by atoms with van der Waals surface area (Å²) in [6, 6.07) is 6.95. The lowest BCUT2D eigenvalue weighted by atomic mass is 9.84. The fourth-order valence-corrected chi connectivity index (χ4v) is 2.80. The molecule has 0 atom stereocenters. The first-order chi connectivity index (χ1) is 9.46. The maximum atomic E-state index is 12.3. The first-order valence-corrected chi connectivity index (χ1v) is 8.70. The smallest absolute Gasteiger partial charge is 0.250 e. The average molecular weight is 293 g/mol. The van der Waals surface area contributed by atoms with Gasteiger partial charge in [0.25, 0.3) is 0 Å². The van der Waals surface area contributed by atoms with E-state index in [1.54, 1.807) is 24.3 Å². The zero-order valence-electron chi connectivity index (χ0n) is 11.6. The number of benzene rings is 1. The molecule has 0 aromatic heterocycles. The monoisotopic (exact) mass is 293 g/mol. The van der Waals surface area contributed by atoms with E-state index in [0.29, 0.717) is 11.1 Å². The fraction of sp³-hybridized carbons (Fsp3) is 0.467. The third kappa shape index (κ3) is 4.27. The third-order valence-electron chi connectivity index (χ3n) is 3.56. The Hall–Kier alpha value is -1.49. The summed E-state index contributed by atoms with van der Waals surface area (Å²) in [5.74, 6) is 0.357. The highest BCUT2D eigenvalue weighted by Crippen LogP contribution is 2.26. The summed E-state index contributed by atoms with van der Waals surface area (Å²) in [4.78, 5) is 12.3. The lowest BCUT2D eigenvalue weighted by molar-refractivity contribution is 0.0889. The van der Waals surface area contributed by atoms with Crippen molar-refractivity contribution in [3.05, 3.63) is 35.4 Å². The second-order valence-corrected chi connectivity index (χ2v) is 6.97. The Morgan fingerprint density at radius 3 is 2.30 bits per heavy atom. The summed E-state index contributed by atoms with van der Waals surface area (Å²) in [5.41, 5.74) is 1.38. The fourth-order valence-electron chi connectivity index (χ4n) is 2.49. The molecule has 1 aromatic rings. The molecule has 0 aliphatic heterocycles. The van der Waals surface area contributed by atoms with E-state index in [1.807, 2.05) is 0 Å². The molecule has 0 heterocycles. The van der Waals surface area contributed by atoms with Crippen molar-refractivity contribution in [1.82, 2.24) is 0 Å². The highest BCUT2D eigenvalue weighted by Gasteiger charge is 2.21. The molecule has 5 heteroatoms. The topological polar surface area (TPSA) is 63.6 Å². The number of carbonyl (C=O) groups is 1. The molecule has 4 nitrogen and oxygen atoms in total. The largest absolute Gasteiger partial charge is 0.294 e. The van der Waals surface area contributed by atoms with E-state index in [1.165, 1.54) is 12.6 Å². The number of hydrogen-bond donors (Lipinski definition) is 0. The Morgan fingerprint density at radius 2 is 1.75 bits per heavy atom. The Labute approximate surface area is 120 Å². The summed E-state index contributed by atoms with van der Waals surface area (Å²) in [6.07, 6.45) is 7.80. The van der Waals surface area contributed by atoms with Crippen molar-refractivity contribution in [3.63, 3.8) is 0 Å². The summed E-state index contributed by atoms with van der Waals surface area (Å²) in [7, 11) is -3.36. The second-order valence-electron chi connectivity index (χ2n) is 5.29. The SMILES string of the molecule is CS(=O)(=O)/N=C/c1ccc(C(=O)C2CCCCC2)cc1. The van der Waals surface area contributed by atoms with Gasteiger partial charge in [0.1, 0.15) is 0 Å². The van der Waals surface area contributed by atoms with Crippen LogP contribution in [0.3, 0.4) is 0 Å². The molecule has 0 N–H and O–H groups in total. The molecular weight excluding hydrogens is 274 g/mol. The highest BCUT2D eigenvalue weighted by atomic mass is 32.2. The van der Waals surface area contributed by atoms with Gasteiger partial charge in [0.05, 0.1) is 6.26 Å². The number of sulfonamides is 1. The van der Waals surface area contributed by atoms with Crippen LogP contribution >= 0.6 is 0 Å². The molecule has 0 saturated heterocycles. The van der Waals surface area contributed by atoms with Crippen LogP contribution in [0.1, 0.15) is 48.0 Å². The highest BCUT2D eigenvalue weighted by molar-refractivity contribution is 7.89. The van der Waals surface area contributed by atoms with Gasteiger partial charge in [0.2, 0.25) is 10.0 Å². The molecular formula is C15H19NO3S. The van der Waals surface area contributed by atoms with E-state index in [-0.39, 0.29) is 11.7 Å². The first kappa shape index (κ1) is 14.9. The van der Waals surface area contributed by atoms with E-state index in [9.17, 15) is 13.2 Å². The van der Waals surface area contributed by atoms with Crippen molar-refractivity contribution in [2.24, 2.45) is 10.3 Å². The Bertz CT molecular complexity index is 597. The maximum absolute atomic E-state index is 12.3. The summed E-state index contributed by atoms with van der Waals surface area (Å²) >= 11 is 0. The molecule has 2 rings (SSSR count). The van der Waals surface area contributed by atoms with E-state index in [2.05, 4.69) is 4.40 Å². The zero-order chi connectivity index (χ0) is 14.6. The molecule has 0 radical (unpaired) electrons. The van der Waals surface area contributed by atoms with Gasteiger partial charge in [-0.15, -0.1) is 0 Å². The van der Waals surface area contributed by atoms with Crippen LogP contribution in [0.25, 0.3) is 0 Å². The second kappa shape index (κ2) is 6.31. The van der Waals surface area contributed by atoms with E-state index >= 15 is 0 Å². The van der Waals surface area contributed by atoms with E-state index in [4.69, 9.17) is 0 Å². The van der Waals surface area contributed by atoms with Gasteiger partial charge in [-0.1, -0.05) is 43.5 Å². The minimum atomic E-state index is -3.36. The normalized spacial score (nSPS) is 17.4. The molecule has 0 spiro atoms. The number of Topliss-reactive ketones (excluding diaryl/α,β-unsaturated/α-hetero) is 1. The molecule has 0 bridgehead atoms. The van der Waals surface area contributed by atoms with Crippen LogP contribution in [-0.4, -0.2) is 26.7 Å². The summed E-state index contributed by atoms with van der Waals surface area (Å²) in [5, 5.41) is 0. The van der Waals surface area contributed by atoms with Crippen molar-refractivity contribution < 1.29 is 13.2 Å². The van der Waals surface area contributed by atoms with Crippen LogP contribution in [0.15, 0.2) is 28.7 Å². The Balaban J connectivity index is 2.07. The van der Waals surface area contributed by atoms with Gasteiger partial charge in [0.15, 0.2) is 5.78 Å². The number of rotatable bonds is 4. The number of hydrogen-bond acceptors (Lipinski definition) is 3. The zero-order valence-corrected chi connectivity index (χ0v) is 12.4. The lowest BCUT2D eigenvalue weighted by Gasteiger charge is -2.20. The van der Waals surface area contributed by atoms with Gasteiger partial charge in [-0.05, 0) is 18.4 Å². The Kier molecular flexibility index (Phi) is 4.70. The van der Waals surface area contributed by atoms with Gasteiger partial charge in [0, 0.05) is 17.7 Å². The molecule has 0 unspecified atom stereocenters. The van der Waals surface area contributed by atoms with Crippen molar-refractivity contribution in [2.75, 3.05) is 6.26 Å². The predicted molar refractivity (Wildman–Crippen MR) is 79.8 cm³/mol. The minimum Gasteiger partial charge on any atom is -0.294 e.